The van der Waals surface area contributed by atoms with E-state index in [0.717, 1.165) is 22.8 Å². The lowest BCUT2D eigenvalue weighted by Gasteiger charge is -2.03. The number of hydrogen-bond donors (Lipinski definition) is 1. The molecule has 1 aromatic heterocycles. The van der Waals surface area contributed by atoms with Crippen LogP contribution in [0.5, 0.6) is 11.5 Å². The number of ether oxygens (including phenoxy) is 2. The van der Waals surface area contributed by atoms with Crippen molar-refractivity contribution < 1.29 is 9.47 Å². The van der Waals surface area contributed by atoms with Gasteiger partial charge in [0.15, 0.2) is 11.5 Å². The third-order valence-corrected chi connectivity index (χ3v) is 2.59. The molecule has 3 nitrogen and oxygen atoms in total. The molecule has 0 aliphatic rings. The summed E-state index contributed by atoms with van der Waals surface area (Å²) in [5.41, 5.74) is 5.45. The van der Waals surface area contributed by atoms with Crippen molar-refractivity contribution >= 4 is 11.3 Å². The van der Waals surface area contributed by atoms with Crippen molar-refractivity contribution in [3.63, 3.8) is 0 Å². The van der Waals surface area contributed by atoms with E-state index in [4.69, 9.17) is 15.2 Å². The monoisotopic (exact) mass is 187 g/mol. The second kappa shape index (κ2) is 4.33. The fourth-order valence-corrected chi connectivity index (χ4v) is 2.01. The number of thiophene rings is 1. The molecule has 0 aliphatic carbocycles. The van der Waals surface area contributed by atoms with E-state index >= 15 is 0 Å². The molecule has 0 saturated carbocycles. The highest BCUT2D eigenvalue weighted by Gasteiger charge is 2.11. The van der Waals surface area contributed by atoms with Crippen LogP contribution >= 0.6 is 11.3 Å². The molecule has 68 valence electrons. The van der Waals surface area contributed by atoms with Crippen LogP contribution in [0.4, 0.5) is 0 Å². The van der Waals surface area contributed by atoms with Gasteiger partial charge in [-0.05, 0) is 13.0 Å². The van der Waals surface area contributed by atoms with E-state index in [1.807, 2.05) is 5.38 Å². The second-order valence-corrected chi connectivity index (χ2v) is 3.26. The highest BCUT2D eigenvalue weighted by atomic mass is 32.1. The first-order chi connectivity index (χ1) is 5.83. The number of nitrogens with two attached hydrogens (primary N) is 1. The zero-order valence-corrected chi connectivity index (χ0v) is 8.11. The molecular weight excluding hydrogens is 174 g/mol. The fraction of sp³-hybridized carbons (Fsp3) is 0.500. The minimum atomic E-state index is 0.639. The van der Waals surface area contributed by atoms with E-state index in [1.54, 1.807) is 25.6 Å². The van der Waals surface area contributed by atoms with Crippen LogP contribution in [-0.2, 0) is 6.42 Å². The molecule has 1 heterocycles. The SMILES string of the molecule is COc1csc(CCN)c1OC. The molecule has 4 heteroatoms. The van der Waals surface area contributed by atoms with Crippen molar-refractivity contribution in [1.29, 1.82) is 0 Å². The Labute approximate surface area is 76.1 Å². The third kappa shape index (κ3) is 1.70. The summed E-state index contributed by atoms with van der Waals surface area (Å²) < 4.78 is 10.3. The molecule has 0 bridgehead atoms. The van der Waals surface area contributed by atoms with Crippen molar-refractivity contribution in [3.05, 3.63) is 10.3 Å². The average molecular weight is 187 g/mol. The molecule has 0 unspecified atom stereocenters. The summed E-state index contributed by atoms with van der Waals surface area (Å²) in [6.45, 7) is 0.639. The second-order valence-electron chi connectivity index (χ2n) is 2.30. The molecule has 2 N–H and O–H groups in total. The Hall–Kier alpha value is -0.740. The Balaban J connectivity index is 2.88. The number of methoxy groups -OCH3 is 2. The summed E-state index contributed by atoms with van der Waals surface area (Å²) in [6, 6.07) is 0. The maximum absolute atomic E-state index is 5.45. The topological polar surface area (TPSA) is 44.5 Å². The van der Waals surface area contributed by atoms with Crippen LogP contribution in [0.3, 0.4) is 0 Å². The van der Waals surface area contributed by atoms with E-state index < -0.39 is 0 Å². The van der Waals surface area contributed by atoms with Crippen LogP contribution in [0.2, 0.25) is 0 Å². The minimum Gasteiger partial charge on any atom is -0.492 e. The highest BCUT2D eigenvalue weighted by Crippen LogP contribution is 2.36. The highest BCUT2D eigenvalue weighted by molar-refractivity contribution is 7.10. The van der Waals surface area contributed by atoms with E-state index in [-0.39, 0.29) is 0 Å². The van der Waals surface area contributed by atoms with Gasteiger partial charge in [0.25, 0.3) is 0 Å². The minimum absolute atomic E-state index is 0.639. The molecule has 1 aromatic rings. The van der Waals surface area contributed by atoms with Crippen molar-refractivity contribution in [3.8, 4) is 11.5 Å². The molecule has 0 aromatic carbocycles. The van der Waals surface area contributed by atoms with Crippen LogP contribution < -0.4 is 15.2 Å². The van der Waals surface area contributed by atoms with Gasteiger partial charge in [-0.1, -0.05) is 0 Å². The molecular formula is C8H13NO2S. The average Bonchev–Trinajstić information content (AvgIpc) is 2.47. The predicted octanol–water partition coefficient (Wildman–Crippen LogP) is 1.27. The summed E-state index contributed by atoms with van der Waals surface area (Å²) >= 11 is 1.62. The first-order valence-corrected chi connectivity index (χ1v) is 4.59. The van der Waals surface area contributed by atoms with Gasteiger partial charge < -0.3 is 15.2 Å². The Morgan fingerprint density at radius 1 is 1.42 bits per heavy atom. The lowest BCUT2D eigenvalue weighted by Crippen LogP contribution is -2.02. The zero-order valence-electron chi connectivity index (χ0n) is 7.29. The Kier molecular flexibility index (Phi) is 3.37. The summed E-state index contributed by atoms with van der Waals surface area (Å²) in [5.74, 6) is 1.62. The molecule has 0 aliphatic heterocycles. The van der Waals surface area contributed by atoms with Crippen LogP contribution in [0.25, 0.3) is 0 Å². The standard InChI is InChI=1S/C8H13NO2S/c1-10-6-5-12-7(3-4-9)8(6)11-2/h5H,3-4,9H2,1-2H3. The molecule has 1 rings (SSSR count). The Morgan fingerprint density at radius 3 is 2.67 bits per heavy atom. The molecule has 0 radical (unpaired) electrons. The first kappa shape index (κ1) is 9.35. The molecule has 0 saturated heterocycles. The molecule has 0 atom stereocenters. The van der Waals surface area contributed by atoms with Gasteiger partial charge in [-0.15, -0.1) is 11.3 Å². The predicted molar refractivity (Wildman–Crippen MR) is 50.2 cm³/mol. The lowest BCUT2D eigenvalue weighted by atomic mass is 10.3. The summed E-state index contributed by atoms with van der Waals surface area (Å²) in [5, 5.41) is 1.93. The van der Waals surface area contributed by atoms with Crippen LogP contribution in [0, 0.1) is 0 Å². The van der Waals surface area contributed by atoms with E-state index in [1.165, 1.54) is 0 Å². The smallest absolute Gasteiger partial charge is 0.174 e. The van der Waals surface area contributed by atoms with Gasteiger partial charge in [0.05, 0.1) is 19.1 Å². The normalized spacial score (nSPS) is 9.92. The number of hydrogen-bond acceptors (Lipinski definition) is 4. The van der Waals surface area contributed by atoms with Crippen LogP contribution in [0.15, 0.2) is 5.38 Å². The molecule has 0 fully saturated rings. The van der Waals surface area contributed by atoms with Crippen LogP contribution in [0.1, 0.15) is 4.88 Å². The Morgan fingerprint density at radius 2 is 2.17 bits per heavy atom. The summed E-state index contributed by atoms with van der Waals surface area (Å²) in [7, 11) is 3.28. The molecule has 12 heavy (non-hydrogen) atoms. The van der Waals surface area contributed by atoms with Crippen molar-refractivity contribution in [2.75, 3.05) is 20.8 Å². The quantitative estimate of drug-likeness (QED) is 0.772. The van der Waals surface area contributed by atoms with Gasteiger partial charge in [-0.2, -0.15) is 0 Å². The largest absolute Gasteiger partial charge is 0.492 e. The maximum atomic E-state index is 5.45. The Bertz CT molecular complexity index is 247. The zero-order chi connectivity index (χ0) is 8.97. The summed E-state index contributed by atoms with van der Waals surface area (Å²) in [4.78, 5) is 1.15. The van der Waals surface area contributed by atoms with Crippen molar-refractivity contribution in [1.82, 2.24) is 0 Å². The van der Waals surface area contributed by atoms with Gasteiger partial charge in [-0.3, -0.25) is 0 Å². The van der Waals surface area contributed by atoms with Gasteiger partial charge in [0.1, 0.15) is 0 Å². The fourth-order valence-electron chi connectivity index (χ4n) is 1.03. The molecule has 0 spiro atoms. The number of rotatable bonds is 4. The van der Waals surface area contributed by atoms with E-state index in [0.29, 0.717) is 6.54 Å². The summed E-state index contributed by atoms with van der Waals surface area (Å²) in [6.07, 6.45) is 0.844. The first-order valence-electron chi connectivity index (χ1n) is 3.72. The van der Waals surface area contributed by atoms with Gasteiger partial charge in [-0.25, -0.2) is 0 Å². The van der Waals surface area contributed by atoms with Gasteiger partial charge >= 0.3 is 0 Å². The lowest BCUT2D eigenvalue weighted by molar-refractivity contribution is 0.355. The van der Waals surface area contributed by atoms with Crippen molar-refractivity contribution in [2.24, 2.45) is 5.73 Å². The van der Waals surface area contributed by atoms with Gasteiger partial charge in [0.2, 0.25) is 0 Å². The van der Waals surface area contributed by atoms with Crippen LogP contribution in [-0.4, -0.2) is 20.8 Å². The molecule has 0 amide bonds. The van der Waals surface area contributed by atoms with E-state index in [2.05, 4.69) is 0 Å². The third-order valence-electron chi connectivity index (χ3n) is 1.58. The van der Waals surface area contributed by atoms with E-state index in [9.17, 15) is 0 Å². The van der Waals surface area contributed by atoms with Gasteiger partial charge in [0, 0.05) is 5.38 Å². The maximum Gasteiger partial charge on any atom is 0.174 e. The van der Waals surface area contributed by atoms with Crippen molar-refractivity contribution in [2.45, 2.75) is 6.42 Å².